The van der Waals surface area contributed by atoms with Gasteiger partial charge in [-0.05, 0) is 23.3 Å². The quantitative estimate of drug-likeness (QED) is 0.214. The minimum Gasteiger partial charge on any atom is -0.0808 e. The van der Waals surface area contributed by atoms with Gasteiger partial charge in [-0.1, -0.05) is 108 Å². The Labute approximate surface area is 204 Å². The lowest BCUT2D eigenvalue weighted by atomic mass is 9.95. The van der Waals surface area contributed by atoms with Crippen molar-refractivity contribution in [2.24, 2.45) is 0 Å². The lowest BCUT2D eigenvalue weighted by Gasteiger charge is -2.12. The summed E-state index contributed by atoms with van der Waals surface area (Å²) in [5.74, 6) is 0. The maximum Gasteiger partial charge on any atom is 0.486 e. The molecule has 2 aliphatic rings. The Kier molecular flexibility index (Phi) is 5.53. The third-order valence-corrected chi connectivity index (χ3v) is 10.4. The number of thioether (sulfide) groups is 2. The summed E-state index contributed by atoms with van der Waals surface area (Å²) in [5.41, 5.74) is 5.18. The fraction of sp³-hybridized carbons (Fsp3) is 0. The van der Waals surface area contributed by atoms with Gasteiger partial charge < -0.3 is 0 Å². The van der Waals surface area contributed by atoms with Crippen LogP contribution in [0.3, 0.4) is 0 Å². The Bertz CT molecular complexity index is 1440. The van der Waals surface area contributed by atoms with E-state index in [0.717, 1.165) is 0 Å². The number of hydrogen-bond donors (Lipinski definition) is 0. The number of hydrogen-bond acceptors (Lipinski definition) is 2. The van der Waals surface area contributed by atoms with Gasteiger partial charge >= 0.3 is 13.3 Å². The van der Waals surface area contributed by atoms with Crippen LogP contribution in [0, 0.1) is 9.02 Å². The fourth-order valence-corrected chi connectivity index (χ4v) is 9.08. The molecule has 0 saturated heterocycles. The molecular weight excluding hydrogens is 465 g/mol. The minimum atomic E-state index is 1.26. The van der Waals surface area contributed by atoms with Gasteiger partial charge in [0, 0.05) is 27.5 Å². The second-order valence-electron chi connectivity index (χ2n) is 7.36. The minimum absolute atomic E-state index is 1.26. The summed E-state index contributed by atoms with van der Waals surface area (Å²) < 4.78 is 5.38. The first-order chi connectivity index (χ1) is 15.9. The molecule has 2 aliphatic heterocycles. The van der Waals surface area contributed by atoms with Crippen LogP contribution in [0.5, 0.6) is 0 Å². The van der Waals surface area contributed by atoms with Gasteiger partial charge in [0.15, 0.2) is 0 Å². The van der Waals surface area contributed by atoms with E-state index in [-0.39, 0.29) is 0 Å². The molecule has 4 aromatic carbocycles. The molecule has 6 rings (SSSR count). The van der Waals surface area contributed by atoms with Gasteiger partial charge in [0.25, 0.3) is 22.7 Å². The summed E-state index contributed by atoms with van der Waals surface area (Å²) in [6, 6.07) is 39.2. The highest BCUT2D eigenvalue weighted by molar-refractivity contribution is 8.25. The molecule has 0 saturated carbocycles. The molecule has 0 amide bonds. The summed E-state index contributed by atoms with van der Waals surface area (Å²) in [5, 5.41) is 0. The molecule has 152 valence electrons. The molecule has 32 heavy (non-hydrogen) atoms. The van der Waals surface area contributed by atoms with E-state index in [4.69, 9.17) is 0 Å². The zero-order valence-corrected chi connectivity index (χ0v) is 20.3. The van der Waals surface area contributed by atoms with E-state index in [0.29, 0.717) is 0 Å². The predicted octanol–water partition coefficient (Wildman–Crippen LogP) is 8.00. The third kappa shape index (κ3) is 3.78. The predicted molar refractivity (Wildman–Crippen MR) is 144 cm³/mol. The average Bonchev–Trinajstić information content (AvgIpc) is 3.47. The van der Waals surface area contributed by atoms with Crippen LogP contribution in [0.15, 0.2) is 127 Å². The van der Waals surface area contributed by atoms with Gasteiger partial charge in [0.05, 0.1) is 4.24 Å². The normalized spacial score (nSPS) is 13.8. The fourth-order valence-electron chi connectivity index (χ4n) is 3.82. The number of benzene rings is 4. The first kappa shape index (κ1) is 20.1. The lowest BCUT2D eigenvalue weighted by molar-refractivity contribution is 1.27. The summed E-state index contributed by atoms with van der Waals surface area (Å²) in [4.78, 5) is 2.68. The molecule has 0 N–H and O–H groups in total. The van der Waals surface area contributed by atoms with E-state index >= 15 is 0 Å². The number of fused-ring (bicyclic) bond motifs is 2. The highest BCUT2D eigenvalue weighted by atomic mass is 32.2. The Hall–Kier alpha value is -2.50. The van der Waals surface area contributed by atoms with E-state index in [9.17, 15) is 0 Å². The molecule has 0 radical (unpaired) electrons. The van der Waals surface area contributed by atoms with E-state index in [1.54, 1.807) is 0 Å². The maximum atomic E-state index is 2.24. The molecule has 0 bridgehead atoms. The largest absolute Gasteiger partial charge is 0.486 e. The van der Waals surface area contributed by atoms with Gasteiger partial charge in [-0.2, -0.15) is 0 Å². The first-order valence-electron chi connectivity index (χ1n) is 10.4. The molecule has 0 unspecified atom stereocenters. The maximum absolute atomic E-state index is 2.24. The Balaban J connectivity index is 1.66. The second-order valence-corrected chi connectivity index (χ2v) is 12.1. The van der Waals surface area contributed by atoms with Crippen LogP contribution in [0.25, 0.3) is 11.1 Å². The molecule has 2 heterocycles. The molecule has 0 aliphatic carbocycles. The van der Waals surface area contributed by atoms with Gasteiger partial charge in [-0.25, -0.2) is 0 Å². The number of rotatable bonds is 3. The molecule has 0 fully saturated rings. The van der Waals surface area contributed by atoms with Crippen LogP contribution in [0.2, 0.25) is 0 Å². The van der Waals surface area contributed by atoms with Crippen LogP contribution in [0.1, 0.15) is 11.1 Å². The van der Waals surface area contributed by atoms with Crippen LogP contribution in [-0.2, 0) is 22.7 Å². The van der Waals surface area contributed by atoms with Crippen LogP contribution >= 0.6 is 23.5 Å². The molecule has 0 atom stereocenters. The Morgan fingerprint density at radius 3 is 1.44 bits per heavy atom. The van der Waals surface area contributed by atoms with E-state index < -0.39 is 0 Å². The van der Waals surface area contributed by atoms with E-state index in [1.807, 2.05) is 46.2 Å². The standard InChI is InChI=1S/C28H18S4/c1-3-11-19(12-4-1)25(27-29-21-15-7-8-16-22(21)30-27)26(20-13-5-2-6-14-20)28-31-23-17-9-10-18-24(23)32-28/h1-18H/q+2. The zero-order valence-electron chi connectivity index (χ0n) is 17.0. The monoisotopic (exact) mass is 482 g/mol. The van der Waals surface area contributed by atoms with E-state index in [1.165, 1.54) is 49.6 Å². The van der Waals surface area contributed by atoms with Crippen molar-refractivity contribution in [1.29, 1.82) is 0 Å². The smallest absolute Gasteiger partial charge is 0.0808 e. The Morgan fingerprint density at radius 2 is 0.906 bits per heavy atom. The molecule has 0 spiro atoms. The summed E-state index contributed by atoms with van der Waals surface area (Å²) >= 11 is 7.58. The van der Waals surface area contributed by atoms with Crippen molar-refractivity contribution in [2.45, 2.75) is 9.79 Å². The molecule has 4 aromatic rings. The summed E-state index contributed by atoms with van der Waals surface area (Å²) in [7, 11) is 0. The SMILES string of the molecule is c1ccc(C(=C2Sc3ccccc3S2)C(=C2[S+]=c3ccccc3=[S+]2)c2ccccc2)cc1. The van der Waals surface area contributed by atoms with Crippen molar-refractivity contribution in [3.05, 3.63) is 138 Å². The topological polar surface area (TPSA) is 0 Å². The van der Waals surface area contributed by atoms with Crippen molar-refractivity contribution in [3.8, 4) is 0 Å². The van der Waals surface area contributed by atoms with Gasteiger partial charge in [-0.15, -0.1) is 0 Å². The zero-order chi connectivity index (χ0) is 21.3. The van der Waals surface area contributed by atoms with Crippen molar-refractivity contribution in [1.82, 2.24) is 0 Å². The third-order valence-electron chi connectivity index (χ3n) is 5.29. The molecule has 0 aromatic heterocycles. The van der Waals surface area contributed by atoms with Crippen molar-refractivity contribution < 1.29 is 0 Å². The highest BCUT2D eigenvalue weighted by Gasteiger charge is 2.38. The average molecular weight is 483 g/mol. The van der Waals surface area contributed by atoms with Gasteiger partial charge in [0.2, 0.25) is 0 Å². The number of allylic oxidation sites excluding steroid dienone is 2. The molecule has 0 nitrogen and oxygen atoms in total. The van der Waals surface area contributed by atoms with Crippen molar-refractivity contribution >= 4 is 57.4 Å². The Morgan fingerprint density at radius 1 is 0.469 bits per heavy atom. The molecule has 4 heteroatoms. The van der Waals surface area contributed by atoms with Crippen LogP contribution in [0.4, 0.5) is 0 Å². The lowest BCUT2D eigenvalue weighted by Crippen LogP contribution is -1.96. The molecular formula is C28H18S4+2. The summed E-state index contributed by atoms with van der Waals surface area (Å²) in [6.45, 7) is 0. The van der Waals surface area contributed by atoms with Gasteiger partial charge in [-0.3, -0.25) is 0 Å². The van der Waals surface area contributed by atoms with E-state index in [2.05, 4.69) is 109 Å². The second kappa shape index (κ2) is 8.80. The van der Waals surface area contributed by atoms with Crippen molar-refractivity contribution in [2.75, 3.05) is 0 Å². The van der Waals surface area contributed by atoms with Crippen LogP contribution < -0.4 is 0 Å². The highest BCUT2D eigenvalue weighted by Crippen LogP contribution is 2.56. The van der Waals surface area contributed by atoms with Crippen LogP contribution in [-0.4, -0.2) is 0 Å². The van der Waals surface area contributed by atoms with Crippen molar-refractivity contribution in [3.63, 3.8) is 0 Å². The first-order valence-corrected chi connectivity index (χ1v) is 13.6. The summed E-state index contributed by atoms with van der Waals surface area (Å²) in [6.07, 6.45) is 0. The van der Waals surface area contributed by atoms with Gasteiger partial charge in [0.1, 0.15) is 5.57 Å².